The number of nitrogens with two attached hydrogens (primary N) is 1. The molecule has 2 rings (SSSR count). The molecule has 0 bridgehead atoms. The minimum absolute atomic E-state index is 0.0342. The highest BCUT2D eigenvalue weighted by atomic mass is 19.1. The number of fused-ring (bicyclic) bond motifs is 1. The van der Waals surface area contributed by atoms with Gasteiger partial charge in [-0.2, -0.15) is 0 Å². The summed E-state index contributed by atoms with van der Waals surface area (Å²) in [7, 11) is 1.29. The Morgan fingerprint density at radius 1 is 1.47 bits per heavy atom. The maximum Gasteiger partial charge on any atom is 0.309 e. The largest absolute Gasteiger partial charge is 0.469 e. The van der Waals surface area contributed by atoms with Gasteiger partial charge >= 0.3 is 5.97 Å². The van der Waals surface area contributed by atoms with Gasteiger partial charge in [-0.3, -0.25) is 4.79 Å². The fourth-order valence-electron chi connectivity index (χ4n) is 1.66. The first-order valence-electron chi connectivity index (χ1n) is 5.11. The van der Waals surface area contributed by atoms with Gasteiger partial charge in [0.15, 0.2) is 11.4 Å². The molecule has 0 fully saturated rings. The van der Waals surface area contributed by atoms with Crippen molar-refractivity contribution < 1.29 is 18.3 Å². The molecule has 2 aromatic rings. The van der Waals surface area contributed by atoms with Gasteiger partial charge in [0.25, 0.3) is 0 Å². The minimum atomic E-state index is -0.499. The van der Waals surface area contributed by atoms with Gasteiger partial charge in [0.1, 0.15) is 5.76 Å². The van der Waals surface area contributed by atoms with Gasteiger partial charge in [-0.1, -0.05) is 0 Å². The van der Waals surface area contributed by atoms with E-state index in [-0.39, 0.29) is 18.5 Å². The van der Waals surface area contributed by atoms with Gasteiger partial charge in [0.05, 0.1) is 20.1 Å². The number of hydrogen-bond donors (Lipinski definition) is 1. The molecule has 5 heteroatoms. The zero-order chi connectivity index (χ0) is 12.4. The Labute approximate surface area is 97.1 Å². The van der Waals surface area contributed by atoms with Crippen LogP contribution in [0.1, 0.15) is 11.3 Å². The number of furan rings is 1. The SMILES string of the molecule is COC(=O)Cc1cc(F)c2oc(CN)cc2c1. The molecule has 0 atom stereocenters. The quantitative estimate of drug-likeness (QED) is 0.826. The van der Waals surface area contributed by atoms with Gasteiger partial charge in [-0.15, -0.1) is 0 Å². The molecule has 1 heterocycles. The van der Waals surface area contributed by atoms with Gasteiger partial charge in [0.2, 0.25) is 0 Å². The summed E-state index contributed by atoms with van der Waals surface area (Å²) in [5.74, 6) is -0.401. The van der Waals surface area contributed by atoms with Gasteiger partial charge < -0.3 is 14.9 Å². The minimum Gasteiger partial charge on any atom is -0.469 e. The van der Waals surface area contributed by atoms with Crippen molar-refractivity contribution in [2.75, 3.05) is 7.11 Å². The first kappa shape index (κ1) is 11.6. The first-order chi connectivity index (χ1) is 8.13. The number of benzene rings is 1. The van der Waals surface area contributed by atoms with E-state index in [1.54, 1.807) is 12.1 Å². The summed E-state index contributed by atoms with van der Waals surface area (Å²) in [6, 6.07) is 4.63. The lowest BCUT2D eigenvalue weighted by atomic mass is 10.1. The van der Waals surface area contributed by atoms with Crippen molar-refractivity contribution >= 4 is 16.9 Å². The second kappa shape index (κ2) is 4.55. The predicted molar refractivity (Wildman–Crippen MR) is 59.8 cm³/mol. The molecule has 2 N–H and O–H groups in total. The maximum atomic E-state index is 13.7. The van der Waals surface area contributed by atoms with E-state index >= 15 is 0 Å². The van der Waals surface area contributed by atoms with E-state index in [4.69, 9.17) is 10.2 Å². The Hall–Kier alpha value is -1.88. The van der Waals surface area contributed by atoms with Crippen molar-refractivity contribution in [1.82, 2.24) is 0 Å². The van der Waals surface area contributed by atoms with E-state index in [1.165, 1.54) is 13.2 Å². The number of hydrogen-bond acceptors (Lipinski definition) is 4. The van der Waals surface area contributed by atoms with Crippen LogP contribution >= 0.6 is 0 Å². The molecule has 17 heavy (non-hydrogen) atoms. The van der Waals surface area contributed by atoms with Gasteiger partial charge in [-0.05, 0) is 23.8 Å². The molecule has 0 aliphatic carbocycles. The normalized spacial score (nSPS) is 10.8. The zero-order valence-corrected chi connectivity index (χ0v) is 9.33. The molecule has 0 unspecified atom stereocenters. The van der Waals surface area contributed by atoms with Crippen LogP contribution < -0.4 is 5.73 Å². The number of esters is 1. The first-order valence-corrected chi connectivity index (χ1v) is 5.11. The average molecular weight is 237 g/mol. The number of methoxy groups -OCH3 is 1. The fraction of sp³-hybridized carbons (Fsp3) is 0.250. The van der Waals surface area contributed by atoms with Crippen molar-refractivity contribution in [2.24, 2.45) is 5.73 Å². The van der Waals surface area contributed by atoms with Gasteiger partial charge in [0, 0.05) is 5.39 Å². The molecule has 0 saturated heterocycles. The second-order valence-electron chi connectivity index (χ2n) is 3.67. The summed E-state index contributed by atoms with van der Waals surface area (Å²) in [6.07, 6.45) is 0.0342. The Kier molecular flexibility index (Phi) is 3.10. The smallest absolute Gasteiger partial charge is 0.309 e. The van der Waals surface area contributed by atoms with E-state index in [1.807, 2.05) is 0 Å². The summed E-state index contributed by atoms with van der Waals surface area (Å²) >= 11 is 0. The molecular formula is C12H12FNO3. The highest BCUT2D eigenvalue weighted by Crippen LogP contribution is 2.24. The van der Waals surface area contributed by atoms with Crippen molar-refractivity contribution in [3.63, 3.8) is 0 Å². The monoisotopic (exact) mass is 237 g/mol. The molecule has 0 radical (unpaired) electrons. The highest BCUT2D eigenvalue weighted by molar-refractivity contribution is 5.81. The van der Waals surface area contributed by atoms with Gasteiger partial charge in [-0.25, -0.2) is 4.39 Å². The summed E-state index contributed by atoms with van der Waals surface area (Å²) in [6.45, 7) is 0.209. The summed E-state index contributed by atoms with van der Waals surface area (Å²) in [5.41, 5.74) is 6.13. The third-order valence-electron chi connectivity index (χ3n) is 2.46. The number of carbonyl (C=O) groups is 1. The summed E-state index contributed by atoms with van der Waals surface area (Å²) in [5, 5.41) is 0.601. The Balaban J connectivity index is 2.43. The van der Waals surface area contributed by atoms with E-state index in [2.05, 4.69) is 4.74 Å². The van der Waals surface area contributed by atoms with Crippen LogP contribution in [0.25, 0.3) is 11.0 Å². The molecule has 0 aliphatic rings. The number of halogens is 1. The molecular weight excluding hydrogens is 225 g/mol. The molecule has 0 amide bonds. The summed E-state index contributed by atoms with van der Waals surface area (Å²) < 4.78 is 23.4. The Bertz CT molecular complexity index is 562. The maximum absolute atomic E-state index is 13.7. The topological polar surface area (TPSA) is 65.5 Å². The third kappa shape index (κ3) is 2.29. The van der Waals surface area contributed by atoms with Crippen LogP contribution in [0.4, 0.5) is 4.39 Å². The van der Waals surface area contributed by atoms with Crippen molar-refractivity contribution in [3.05, 3.63) is 35.3 Å². The van der Waals surface area contributed by atoms with Crippen LogP contribution in [0.2, 0.25) is 0 Å². The lowest BCUT2D eigenvalue weighted by Gasteiger charge is -2.00. The van der Waals surface area contributed by atoms with E-state index in [9.17, 15) is 9.18 Å². The van der Waals surface area contributed by atoms with Crippen LogP contribution in [-0.4, -0.2) is 13.1 Å². The average Bonchev–Trinajstić information content (AvgIpc) is 2.72. The highest BCUT2D eigenvalue weighted by Gasteiger charge is 2.11. The predicted octanol–water partition coefficient (Wildman–Crippen LogP) is 1.75. The Morgan fingerprint density at radius 3 is 2.88 bits per heavy atom. The lowest BCUT2D eigenvalue weighted by Crippen LogP contribution is -2.04. The van der Waals surface area contributed by atoms with Crippen molar-refractivity contribution in [2.45, 2.75) is 13.0 Å². The zero-order valence-electron chi connectivity index (χ0n) is 9.33. The van der Waals surface area contributed by atoms with E-state index < -0.39 is 11.8 Å². The number of rotatable bonds is 3. The molecule has 90 valence electrons. The standard InChI is InChI=1S/C12H12FNO3/c1-16-11(15)4-7-2-8-5-9(6-14)17-12(8)10(13)3-7/h2-3,5H,4,6,14H2,1H3. The number of carbonyl (C=O) groups excluding carboxylic acids is 1. The van der Waals surface area contributed by atoms with Crippen molar-refractivity contribution in [3.8, 4) is 0 Å². The second-order valence-corrected chi connectivity index (χ2v) is 3.67. The molecule has 1 aromatic heterocycles. The molecule has 4 nitrogen and oxygen atoms in total. The van der Waals surface area contributed by atoms with E-state index in [0.29, 0.717) is 16.7 Å². The third-order valence-corrected chi connectivity index (χ3v) is 2.46. The lowest BCUT2D eigenvalue weighted by molar-refractivity contribution is -0.139. The molecule has 0 aliphatic heterocycles. The number of ether oxygens (including phenoxy) is 1. The van der Waals surface area contributed by atoms with Crippen LogP contribution in [0.15, 0.2) is 22.6 Å². The van der Waals surface area contributed by atoms with E-state index in [0.717, 1.165) is 0 Å². The molecule has 0 saturated carbocycles. The molecule has 0 spiro atoms. The fourth-order valence-corrected chi connectivity index (χ4v) is 1.66. The summed E-state index contributed by atoms with van der Waals surface area (Å²) in [4.78, 5) is 11.1. The van der Waals surface area contributed by atoms with Crippen LogP contribution in [-0.2, 0) is 22.5 Å². The van der Waals surface area contributed by atoms with Crippen LogP contribution in [0, 0.1) is 5.82 Å². The van der Waals surface area contributed by atoms with Crippen LogP contribution in [0.3, 0.4) is 0 Å². The van der Waals surface area contributed by atoms with Crippen LogP contribution in [0.5, 0.6) is 0 Å². The van der Waals surface area contributed by atoms with Crippen molar-refractivity contribution in [1.29, 1.82) is 0 Å². The Morgan fingerprint density at radius 2 is 2.24 bits per heavy atom. The molecule has 1 aromatic carbocycles.